The molecule has 12 heteroatoms. The lowest BCUT2D eigenvalue weighted by Gasteiger charge is -2.23. The molecular formula is C36H36ClN5O5S. The molecule has 0 saturated heterocycles. The van der Waals surface area contributed by atoms with Gasteiger partial charge in [-0.25, -0.2) is 13.4 Å². The van der Waals surface area contributed by atoms with Gasteiger partial charge in [0.1, 0.15) is 17.1 Å². The molecule has 0 atom stereocenters. The van der Waals surface area contributed by atoms with Crippen LogP contribution in [0, 0.1) is 0 Å². The summed E-state index contributed by atoms with van der Waals surface area (Å²) in [7, 11) is -0.514. The Labute approximate surface area is 284 Å². The van der Waals surface area contributed by atoms with Crippen molar-refractivity contribution in [3.63, 3.8) is 0 Å². The van der Waals surface area contributed by atoms with Gasteiger partial charge >= 0.3 is 0 Å². The molecular weight excluding hydrogens is 650 g/mol. The minimum absolute atomic E-state index is 0.0788. The number of ether oxygens (including phenoxy) is 2. The van der Waals surface area contributed by atoms with Crippen molar-refractivity contribution >= 4 is 44.3 Å². The molecule has 5 aromatic rings. The zero-order valence-corrected chi connectivity index (χ0v) is 28.4. The molecule has 2 aliphatic rings. The summed E-state index contributed by atoms with van der Waals surface area (Å²) in [6, 6.07) is 20.6. The van der Waals surface area contributed by atoms with E-state index < -0.39 is 15.4 Å². The maximum Gasteiger partial charge on any atom is 0.238 e. The Morgan fingerprint density at radius 1 is 0.917 bits per heavy atom. The molecule has 1 fully saturated rings. The number of nitrogens with zero attached hydrogens (tertiary/aromatic N) is 5. The lowest BCUT2D eigenvalue weighted by Crippen LogP contribution is -2.33. The number of rotatable bonds is 13. The summed E-state index contributed by atoms with van der Waals surface area (Å²) in [5.74, 6) is 1.42. The van der Waals surface area contributed by atoms with E-state index in [1.165, 1.54) is 4.31 Å². The number of carbonyl (C=O) groups excluding carboxylic acids is 1. The van der Waals surface area contributed by atoms with Crippen LogP contribution in [-0.2, 0) is 46.4 Å². The number of aromatic nitrogens is 3. The van der Waals surface area contributed by atoms with Crippen molar-refractivity contribution in [3.8, 4) is 11.5 Å². The Morgan fingerprint density at radius 3 is 2.17 bits per heavy atom. The van der Waals surface area contributed by atoms with Gasteiger partial charge in [0.2, 0.25) is 15.9 Å². The van der Waals surface area contributed by atoms with Gasteiger partial charge in [0, 0.05) is 43.1 Å². The quantitative estimate of drug-likeness (QED) is 0.147. The predicted octanol–water partition coefficient (Wildman–Crippen LogP) is 6.10. The van der Waals surface area contributed by atoms with Crippen LogP contribution in [0.2, 0.25) is 5.02 Å². The molecule has 0 N–H and O–H groups in total. The van der Waals surface area contributed by atoms with Crippen molar-refractivity contribution < 1.29 is 22.7 Å². The minimum atomic E-state index is -3.71. The molecule has 1 saturated carbocycles. The average Bonchev–Trinajstić information content (AvgIpc) is 3.79. The summed E-state index contributed by atoms with van der Waals surface area (Å²) < 4.78 is 42.1. The Bertz CT molecular complexity index is 2030. The fraction of sp³-hybridized carbons (Fsp3) is 0.306. The topological polar surface area (TPSA) is 107 Å². The summed E-state index contributed by atoms with van der Waals surface area (Å²) in [6.45, 7) is 1.13. The molecule has 48 heavy (non-hydrogen) atoms. The smallest absolute Gasteiger partial charge is 0.238 e. The molecule has 3 aromatic heterocycles. The number of hydrogen-bond acceptors (Lipinski definition) is 7. The van der Waals surface area contributed by atoms with E-state index in [9.17, 15) is 13.2 Å². The van der Waals surface area contributed by atoms with Crippen LogP contribution in [0.1, 0.15) is 41.6 Å². The van der Waals surface area contributed by atoms with Crippen LogP contribution in [0.25, 0.3) is 11.0 Å². The van der Waals surface area contributed by atoms with Gasteiger partial charge in [-0.2, -0.15) is 4.31 Å². The molecule has 7 rings (SSSR count). The first-order valence-corrected chi connectivity index (χ1v) is 17.8. The highest BCUT2D eigenvalue weighted by Crippen LogP contribution is 2.57. The molecule has 0 radical (unpaired) electrons. The van der Waals surface area contributed by atoms with Gasteiger partial charge in [0.15, 0.2) is 0 Å². The van der Waals surface area contributed by atoms with Crippen molar-refractivity contribution in [2.75, 3.05) is 24.9 Å². The molecule has 248 valence electrons. The SMILES string of the molecule is COc1ccc(CN(Cc2ccc(OC)cc2)S(=O)(=O)CCCn2c(CN3C(=O)C4(CC4)c4ccncc43)cc3cc(Cl)cnc32)cc1. The number of carbonyl (C=O) groups is 1. The number of amides is 1. The highest BCUT2D eigenvalue weighted by atomic mass is 35.5. The standard InChI is InChI=1S/C36H36ClN5O5S/c1-46-30-8-4-25(5-9-30)22-40(23-26-6-10-31(47-2)11-7-26)48(44,45)17-3-16-41-29(19-27-18-28(37)20-39-34(27)41)24-42-33-21-38-15-12-32(33)36(13-14-36)35(42)43/h4-12,15,18-21H,3,13-14,16-17,22-24H2,1-2H3. The minimum Gasteiger partial charge on any atom is -0.497 e. The van der Waals surface area contributed by atoms with Crippen molar-refractivity contribution in [3.05, 3.63) is 113 Å². The van der Waals surface area contributed by atoms with Crippen molar-refractivity contribution in [1.82, 2.24) is 18.8 Å². The van der Waals surface area contributed by atoms with Gasteiger partial charge in [-0.15, -0.1) is 0 Å². The number of aryl methyl sites for hydroxylation is 1. The molecule has 1 aliphatic heterocycles. The molecule has 0 unspecified atom stereocenters. The number of methoxy groups -OCH3 is 2. The number of fused-ring (bicyclic) bond motifs is 3. The Morgan fingerprint density at radius 2 is 1.56 bits per heavy atom. The second kappa shape index (κ2) is 12.9. The third-order valence-corrected chi connectivity index (χ3v) is 11.4. The molecule has 4 heterocycles. The van der Waals surface area contributed by atoms with Gasteiger partial charge in [-0.3, -0.25) is 9.78 Å². The molecule has 1 amide bonds. The number of hydrogen-bond donors (Lipinski definition) is 0. The Hall–Kier alpha value is -4.45. The van der Waals surface area contributed by atoms with Crippen molar-refractivity contribution in [2.45, 2.75) is 50.9 Å². The van der Waals surface area contributed by atoms with Gasteiger partial charge in [0.25, 0.3) is 0 Å². The van der Waals surface area contributed by atoms with Gasteiger partial charge < -0.3 is 18.9 Å². The maximum absolute atomic E-state index is 14.0. The van der Waals surface area contributed by atoms with Crippen LogP contribution in [0.15, 0.2) is 85.3 Å². The van der Waals surface area contributed by atoms with E-state index >= 15 is 0 Å². The average molecular weight is 686 g/mol. The number of benzene rings is 2. The van der Waals surface area contributed by atoms with Crippen LogP contribution < -0.4 is 14.4 Å². The lowest BCUT2D eigenvalue weighted by atomic mass is 9.99. The van der Waals surface area contributed by atoms with E-state index in [-0.39, 0.29) is 24.7 Å². The first-order valence-electron chi connectivity index (χ1n) is 15.8. The largest absolute Gasteiger partial charge is 0.497 e. The van der Waals surface area contributed by atoms with Crippen LogP contribution >= 0.6 is 11.6 Å². The molecule has 0 bridgehead atoms. The second-order valence-electron chi connectivity index (χ2n) is 12.4. The highest BCUT2D eigenvalue weighted by molar-refractivity contribution is 7.89. The first-order chi connectivity index (χ1) is 23.2. The number of pyridine rings is 2. The van der Waals surface area contributed by atoms with E-state index in [2.05, 4.69) is 9.97 Å². The molecule has 10 nitrogen and oxygen atoms in total. The molecule has 2 aromatic carbocycles. The number of sulfonamides is 1. The Kier molecular flexibility index (Phi) is 8.61. The van der Waals surface area contributed by atoms with Crippen molar-refractivity contribution in [1.29, 1.82) is 0 Å². The van der Waals surface area contributed by atoms with E-state index in [0.717, 1.165) is 46.3 Å². The lowest BCUT2D eigenvalue weighted by molar-refractivity contribution is -0.120. The molecule has 1 aliphatic carbocycles. The summed E-state index contributed by atoms with van der Waals surface area (Å²) in [4.78, 5) is 24.4. The Balaban J connectivity index is 1.13. The van der Waals surface area contributed by atoms with Gasteiger partial charge in [-0.1, -0.05) is 35.9 Å². The third kappa shape index (κ3) is 6.13. The van der Waals surface area contributed by atoms with Crippen molar-refractivity contribution in [2.24, 2.45) is 0 Å². The molecule has 1 spiro atoms. The maximum atomic E-state index is 14.0. The number of halogens is 1. The second-order valence-corrected chi connectivity index (χ2v) is 14.9. The van der Waals surface area contributed by atoms with Crippen LogP contribution in [0.3, 0.4) is 0 Å². The summed E-state index contributed by atoms with van der Waals surface area (Å²) in [5.41, 5.74) is 4.68. The van der Waals surface area contributed by atoms with Crippen LogP contribution in [0.4, 0.5) is 5.69 Å². The van der Waals surface area contributed by atoms with Gasteiger partial charge in [0.05, 0.1) is 48.8 Å². The predicted molar refractivity (Wildman–Crippen MR) is 185 cm³/mol. The fourth-order valence-electron chi connectivity index (χ4n) is 6.63. The van der Waals surface area contributed by atoms with Crippen LogP contribution in [0.5, 0.6) is 11.5 Å². The monoisotopic (exact) mass is 685 g/mol. The zero-order chi connectivity index (χ0) is 33.5. The fourth-order valence-corrected chi connectivity index (χ4v) is 8.24. The van der Waals surface area contributed by atoms with E-state index in [4.69, 9.17) is 21.1 Å². The van der Waals surface area contributed by atoms with E-state index in [0.29, 0.717) is 41.7 Å². The summed E-state index contributed by atoms with van der Waals surface area (Å²) in [5, 5.41) is 1.34. The normalized spacial score (nSPS) is 15.0. The first kappa shape index (κ1) is 32.1. The van der Waals surface area contributed by atoms with E-state index in [1.807, 2.05) is 76.2 Å². The number of anilines is 1. The summed E-state index contributed by atoms with van der Waals surface area (Å²) >= 11 is 6.31. The highest BCUT2D eigenvalue weighted by Gasteiger charge is 2.59. The van der Waals surface area contributed by atoms with E-state index in [1.54, 1.807) is 32.8 Å². The van der Waals surface area contributed by atoms with Gasteiger partial charge in [-0.05, 0) is 78.4 Å². The summed E-state index contributed by atoms with van der Waals surface area (Å²) in [6.07, 6.45) is 7.09. The van der Waals surface area contributed by atoms with Crippen LogP contribution in [-0.4, -0.2) is 53.1 Å². The third-order valence-electron chi connectivity index (χ3n) is 9.33. The zero-order valence-electron chi connectivity index (χ0n) is 26.8.